The summed E-state index contributed by atoms with van der Waals surface area (Å²) in [6.45, 7) is 0. The van der Waals surface area contributed by atoms with Crippen LogP contribution in [-0.4, -0.2) is 9.96 Å². The first-order valence-electron chi connectivity index (χ1n) is 4.75. The highest BCUT2D eigenvalue weighted by Crippen LogP contribution is 2.50. The summed E-state index contributed by atoms with van der Waals surface area (Å²) < 4.78 is 11.0. The summed E-state index contributed by atoms with van der Waals surface area (Å²) in [4.78, 5) is 0. The second-order valence-corrected chi connectivity index (χ2v) is 6.32. The van der Waals surface area contributed by atoms with Gasteiger partial charge in [0.25, 0.3) is 0 Å². The van der Waals surface area contributed by atoms with Crippen molar-refractivity contribution in [3.63, 3.8) is 0 Å². The molecule has 0 aromatic rings. The first kappa shape index (κ1) is 9.01. The SMILES string of the molecule is O=S(Cl)CC12CCC(CC1)CC2. The molecule has 0 heterocycles. The van der Waals surface area contributed by atoms with Crippen molar-refractivity contribution in [3.05, 3.63) is 0 Å². The average Bonchev–Trinajstić information content (AvgIpc) is 2.05. The molecule has 0 saturated heterocycles. The Morgan fingerprint density at radius 1 is 1.25 bits per heavy atom. The highest BCUT2D eigenvalue weighted by atomic mass is 35.7. The van der Waals surface area contributed by atoms with Gasteiger partial charge in [-0.25, -0.2) is 4.21 Å². The second kappa shape index (κ2) is 3.30. The third-order valence-corrected chi connectivity index (χ3v) is 4.84. The van der Waals surface area contributed by atoms with Crippen LogP contribution in [0.2, 0.25) is 0 Å². The topological polar surface area (TPSA) is 17.1 Å². The lowest BCUT2D eigenvalue weighted by atomic mass is 9.62. The van der Waals surface area contributed by atoms with E-state index < -0.39 is 10.0 Å². The summed E-state index contributed by atoms with van der Waals surface area (Å²) in [6, 6.07) is 0. The molecule has 70 valence electrons. The van der Waals surface area contributed by atoms with E-state index >= 15 is 0 Å². The molecule has 12 heavy (non-hydrogen) atoms. The van der Waals surface area contributed by atoms with Crippen molar-refractivity contribution in [1.29, 1.82) is 0 Å². The van der Waals surface area contributed by atoms with Gasteiger partial charge in [-0.15, -0.1) is 0 Å². The van der Waals surface area contributed by atoms with Crippen LogP contribution in [-0.2, 0) is 10.0 Å². The average molecular weight is 207 g/mol. The van der Waals surface area contributed by atoms with Gasteiger partial charge in [-0.2, -0.15) is 0 Å². The summed E-state index contributed by atoms with van der Waals surface area (Å²) in [5.74, 6) is 1.72. The van der Waals surface area contributed by atoms with Gasteiger partial charge in [-0.05, 0) is 60.5 Å². The van der Waals surface area contributed by atoms with Crippen LogP contribution in [0.5, 0.6) is 0 Å². The predicted molar refractivity (Wildman–Crippen MR) is 52.5 cm³/mol. The van der Waals surface area contributed by atoms with E-state index in [1.807, 2.05) is 0 Å². The Morgan fingerprint density at radius 2 is 1.75 bits per heavy atom. The zero-order valence-corrected chi connectivity index (χ0v) is 8.79. The first-order valence-corrected chi connectivity index (χ1v) is 6.89. The number of hydrogen-bond donors (Lipinski definition) is 0. The maximum absolute atomic E-state index is 11.0. The normalized spacial score (nSPS) is 42.9. The molecule has 1 unspecified atom stereocenters. The fraction of sp³-hybridized carbons (Fsp3) is 1.00. The van der Waals surface area contributed by atoms with Gasteiger partial charge < -0.3 is 0 Å². The van der Waals surface area contributed by atoms with Gasteiger partial charge in [-0.3, -0.25) is 0 Å². The second-order valence-electron chi connectivity index (χ2n) is 4.42. The first-order chi connectivity index (χ1) is 5.70. The van der Waals surface area contributed by atoms with E-state index in [1.165, 1.54) is 38.5 Å². The molecule has 0 aromatic carbocycles. The van der Waals surface area contributed by atoms with E-state index in [9.17, 15) is 4.21 Å². The summed E-state index contributed by atoms with van der Waals surface area (Å²) in [5, 5.41) is 0. The Morgan fingerprint density at radius 3 is 2.17 bits per heavy atom. The summed E-state index contributed by atoms with van der Waals surface area (Å²) >= 11 is 0. The molecule has 0 amide bonds. The summed E-state index contributed by atoms with van der Waals surface area (Å²) in [7, 11) is 4.46. The lowest BCUT2D eigenvalue weighted by Gasteiger charge is -2.45. The molecular formula is C9H15ClOS. The zero-order chi connectivity index (χ0) is 8.60. The Labute approximate surface area is 80.8 Å². The molecule has 1 atom stereocenters. The van der Waals surface area contributed by atoms with Gasteiger partial charge in [0.05, 0.1) is 0 Å². The van der Waals surface area contributed by atoms with Crippen LogP contribution in [0.3, 0.4) is 0 Å². The van der Waals surface area contributed by atoms with Crippen LogP contribution in [0.1, 0.15) is 38.5 Å². The van der Waals surface area contributed by atoms with Gasteiger partial charge in [0, 0.05) is 5.75 Å². The molecule has 0 N–H and O–H groups in total. The molecule has 3 fully saturated rings. The quantitative estimate of drug-likeness (QED) is 0.635. The van der Waals surface area contributed by atoms with Gasteiger partial charge in [0.1, 0.15) is 10.0 Å². The lowest BCUT2D eigenvalue weighted by Crippen LogP contribution is -2.37. The number of fused-ring (bicyclic) bond motifs is 3. The Balaban J connectivity index is 2.03. The standard InChI is InChI=1S/C9H15ClOS/c10-12(11)7-9-4-1-8(2-5-9)3-6-9/h8H,1-7H2. The van der Waals surface area contributed by atoms with Crippen molar-refractivity contribution in [2.75, 3.05) is 5.75 Å². The van der Waals surface area contributed by atoms with Crippen LogP contribution in [0.25, 0.3) is 0 Å². The smallest absolute Gasteiger partial charge is 0.115 e. The molecule has 1 nitrogen and oxygen atoms in total. The lowest BCUT2D eigenvalue weighted by molar-refractivity contribution is 0.0872. The van der Waals surface area contributed by atoms with Gasteiger partial charge >= 0.3 is 0 Å². The van der Waals surface area contributed by atoms with Crippen LogP contribution in [0, 0.1) is 11.3 Å². The number of rotatable bonds is 2. The highest BCUT2D eigenvalue weighted by molar-refractivity contribution is 8.08. The van der Waals surface area contributed by atoms with E-state index in [1.54, 1.807) is 0 Å². The van der Waals surface area contributed by atoms with Crippen LogP contribution >= 0.6 is 10.7 Å². The number of hydrogen-bond acceptors (Lipinski definition) is 1. The van der Waals surface area contributed by atoms with Gasteiger partial charge in [0.15, 0.2) is 0 Å². The third kappa shape index (κ3) is 1.69. The maximum atomic E-state index is 11.0. The molecule has 3 rings (SSSR count). The predicted octanol–water partition coefficient (Wildman–Crippen LogP) is 2.86. The molecule has 0 aromatic heterocycles. The molecule has 3 aliphatic carbocycles. The molecule has 2 bridgehead atoms. The van der Waals surface area contributed by atoms with Crippen LogP contribution in [0.4, 0.5) is 0 Å². The molecule has 3 aliphatic rings. The van der Waals surface area contributed by atoms with Crippen molar-refractivity contribution in [2.45, 2.75) is 38.5 Å². The monoisotopic (exact) mass is 206 g/mol. The fourth-order valence-electron chi connectivity index (χ4n) is 2.80. The fourth-order valence-corrected chi connectivity index (χ4v) is 4.41. The maximum Gasteiger partial charge on any atom is 0.115 e. The largest absolute Gasteiger partial charge is 0.243 e. The minimum Gasteiger partial charge on any atom is -0.243 e. The summed E-state index contributed by atoms with van der Waals surface area (Å²) in [5.41, 5.74) is 0.376. The summed E-state index contributed by atoms with van der Waals surface area (Å²) in [6.07, 6.45) is 7.89. The third-order valence-electron chi connectivity index (χ3n) is 3.67. The van der Waals surface area contributed by atoms with E-state index in [4.69, 9.17) is 10.7 Å². The Bertz CT molecular complexity index is 183. The van der Waals surface area contributed by atoms with Crippen LogP contribution in [0.15, 0.2) is 0 Å². The van der Waals surface area contributed by atoms with E-state index in [-0.39, 0.29) is 0 Å². The molecule has 0 spiro atoms. The van der Waals surface area contributed by atoms with Crippen molar-refractivity contribution in [2.24, 2.45) is 11.3 Å². The van der Waals surface area contributed by atoms with Crippen LogP contribution < -0.4 is 0 Å². The van der Waals surface area contributed by atoms with Crippen molar-refractivity contribution in [3.8, 4) is 0 Å². The Kier molecular flexibility index (Phi) is 2.48. The molecule has 0 radical (unpaired) electrons. The molecule has 0 aliphatic heterocycles. The minimum atomic E-state index is -1.11. The van der Waals surface area contributed by atoms with Gasteiger partial charge in [-0.1, -0.05) is 0 Å². The minimum absolute atomic E-state index is 0.376. The van der Waals surface area contributed by atoms with Crippen molar-refractivity contribution >= 4 is 20.7 Å². The molecule has 3 heteroatoms. The van der Waals surface area contributed by atoms with Crippen molar-refractivity contribution in [1.82, 2.24) is 0 Å². The zero-order valence-electron chi connectivity index (χ0n) is 7.22. The number of halogens is 1. The molecular weight excluding hydrogens is 192 g/mol. The van der Waals surface area contributed by atoms with Crippen molar-refractivity contribution < 1.29 is 4.21 Å². The van der Waals surface area contributed by atoms with E-state index in [0.29, 0.717) is 5.41 Å². The van der Waals surface area contributed by atoms with E-state index in [0.717, 1.165) is 11.7 Å². The molecule has 3 saturated carbocycles. The Hall–Kier alpha value is 0.440. The van der Waals surface area contributed by atoms with Gasteiger partial charge in [0.2, 0.25) is 0 Å². The highest BCUT2D eigenvalue weighted by Gasteiger charge is 2.41. The van der Waals surface area contributed by atoms with E-state index in [2.05, 4.69) is 0 Å².